The zero-order valence-corrected chi connectivity index (χ0v) is 23.9. The number of aliphatic carboxylic acids is 1. The molecule has 222 valence electrons. The maximum absolute atomic E-state index is 13.7. The Morgan fingerprint density at radius 3 is 2.30 bits per heavy atom. The molecule has 10 heteroatoms. The summed E-state index contributed by atoms with van der Waals surface area (Å²) in [6.07, 6.45) is 0.425. The standard InChI is InChI=1S/C34H30N4O6/c1-22(25-16-8-9-17-27(25)37-32(40)28-18-10-11-19-35-28)36-31(33(41)42)26(23-12-4-2-5-13-23)20-30(39)38-29(21-44-34(38)43)24-14-6-3-7-15-24/h2-19,26,29,31H,20-21H2,1H3,(H,37,40)(H,41,42)/t26-,29-,31+/m0/s1. The monoisotopic (exact) mass is 590 g/mol. The largest absolute Gasteiger partial charge is 0.480 e. The third kappa shape index (κ3) is 6.70. The molecule has 44 heavy (non-hydrogen) atoms. The van der Waals surface area contributed by atoms with E-state index in [0.717, 1.165) is 10.5 Å². The van der Waals surface area contributed by atoms with Crippen molar-refractivity contribution >= 4 is 35.3 Å². The van der Waals surface area contributed by atoms with Gasteiger partial charge in [-0.3, -0.25) is 19.6 Å². The van der Waals surface area contributed by atoms with E-state index in [-0.39, 0.29) is 18.7 Å². The Hall–Kier alpha value is -5.64. The molecule has 1 aromatic heterocycles. The molecule has 1 fully saturated rings. The molecule has 0 saturated carbocycles. The van der Waals surface area contributed by atoms with Crippen LogP contribution < -0.4 is 5.32 Å². The van der Waals surface area contributed by atoms with Gasteiger partial charge >= 0.3 is 12.1 Å². The number of carboxylic acid groups (broad SMARTS) is 1. The Morgan fingerprint density at radius 1 is 0.955 bits per heavy atom. The highest BCUT2D eigenvalue weighted by Crippen LogP contribution is 2.33. The SMILES string of the molecule is CC(=N[C@@H](C(=O)O)[C@@H](CC(=O)N1C(=O)OC[C@H]1c1ccccc1)c1ccccc1)c1ccccc1NC(=O)c1ccccn1. The number of para-hydroxylation sites is 1. The highest BCUT2D eigenvalue weighted by molar-refractivity contribution is 6.10. The molecular formula is C34H30N4O6. The Balaban J connectivity index is 1.47. The lowest BCUT2D eigenvalue weighted by Gasteiger charge is -2.26. The molecule has 2 heterocycles. The lowest BCUT2D eigenvalue weighted by atomic mass is 9.87. The van der Waals surface area contributed by atoms with Crippen molar-refractivity contribution < 1.29 is 29.0 Å². The van der Waals surface area contributed by atoms with Gasteiger partial charge in [-0.15, -0.1) is 0 Å². The molecule has 1 saturated heterocycles. The zero-order valence-electron chi connectivity index (χ0n) is 23.9. The Bertz CT molecular complexity index is 1680. The van der Waals surface area contributed by atoms with Crippen LogP contribution in [0.2, 0.25) is 0 Å². The van der Waals surface area contributed by atoms with Crippen LogP contribution in [-0.4, -0.2) is 57.2 Å². The van der Waals surface area contributed by atoms with Crippen LogP contribution in [0.1, 0.15) is 52.5 Å². The van der Waals surface area contributed by atoms with Crippen LogP contribution in [-0.2, 0) is 14.3 Å². The van der Waals surface area contributed by atoms with Crippen molar-refractivity contribution in [3.05, 3.63) is 132 Å². The summed E-state index contributed by atoms with van der Waals surface area (Å²) in [6, 6.07) is 27.7. The fourth-order valence-electron chi connectivity index (χ4n) is 5.20. The number of hydrogen-bond acceptors (Lipinski definition) is 7. The summed E-state index contributed by atoms with van der Waals surface area (Å²) < 4.78 is 5.23. The van der Waals surface area contributed by atoms with Crippen LogP contribution in [0, 0.1) is 0 Å². The third-order valence-corrected chi connectivity index (χ3v) is 7.38. The van der Waals surface area contributed by atoms with E-state index < -0.39 is 41.9 Å². The normalized spacial score (nSPS) is 16.1. The van der Waals surface area contributed by atoms with Crippen LogP contribution >= 0.6 is 0 Å². The summed E-state index contributed by atoms with van der Waals surface area (Å²) in [5.41, 5.74) is 2.80. The topological polar surface area (TPSA) is 138 Å². The molecule has 3 aromatic carbocycles. The van der Waals surface area contributed by atoms with Gasteiger partial charge in [0.1, 0.15) is 18.3 Å². The number of benzene rings is 3. The Morgan fingerprint density at radius 2 is 1.61 bits per heavy atom. The number of aromatic nitrogens is 1. The number of pyridine rings is 1. The van der Waals surface area contributed by atoms with Crippen molar-refractivity contribution in [1.82, 2.24) is 9.88 Å². The summed E-state index contributed by atoms with van der Waals surface area (Å²) in [7, 11) is 0. The van der Waals surface area contributed by atoms with E-state index in [9.17, 15) is 24.3 Å². The number of cyclic esters (lactones) is 1. The molecule has 3 amide bonds. The number of nitrogens with one attached hydrogen (secondary N) is 1. The van der Waals surface area contributed by atoms with Crippen LogP contribution in [0.3, 0.4) is 0 Å². The molecule has 0 bridgehead atoms. The average Bonchev–Trinajstić information content (AvgIpc) is 3.45. The first kappa shape index (κ1) is 29.8. The number of aliphatic imine (C=N–C) groups is 1. The molecule has 0 unspecified atom stereocenters. The second-order valence-corrected chi connectivity index (χ2v) is 10.2. The molecule has 1 aliphatic rings. The molecule has 5 rings (SSSR count). The summed E-state index contributed by atoms with van der Waals surface area (Å²) in [4.78, 5) is 61.8. The number of nitrogens with zero attached hydrogens (tertiary/aromatic N) is 3. The second kappa shape index (κ2) is 13.6. The zero-order chi connectivity index (χ0) is 31.1. The van der Waals surface area contributed by atoms with E-state index in [1.165, 1.54) is 6.20 Å². The van der Waals surface area contributed by atoms with Gasteiger partial charge in [-0.25, -0.2) is 14.5 Å². The van der Waals surface area contributed by atoms with Crippen LogP contribution in [0.4, 0.5) is 10.5 Å². The van der Waals surface area contributed by atoms with Crippen molar-refractivity contribution in [3.63, 3.8) is 0 Å². The molecule has 3 atom stereocenters. The molecule has 0 aliphatic carbocycles. The fourth-order valence-corrected chi connectivity index (χ4v) is 5.20. The smallest absolute Gasteiger partial charge is 0.417 e. The maximum atomic E-state index is 13.7. The Labute approximate surface area is 254 Å². The van der Waals surface area contributed by atoms with Gasteiger partial charge in [-0.2, -0.15) is 0 Å². The predicted molar refractivity (Wildman–Crippen MR) is 163 cm³/mol. The lowest BCUT2D eigenvalue weighted by molar-refractivity contribution is -0.139. The summed E-state index contributed by atoms with van der Waals surface area (Å²) in [5, 5.41) is 13.2. The molecule has 0 spiro atoms. The first-order chi connectivity index (χ1) is 21.3. The van der Waals surface area contributed by atoms with E-state index in [0.29, 0.717) is 22.5 Å². The van der Waals surface area contributed by atoms with E-state index in [2.05, 4.69) is 15.3 Å². The maximum Gasteiger partial charge on any atom is 0.417 e. The quantitative estimate of drug-likeness (QED) is 0.233. The van der Waals surface area contributed by atoms with Crippen molar-refractivity contribution in [3.8, 4) is 0 Å². The van der Waals surface area contributed by atoms with E-state index in [1.807, 2.05) is 18.2 Å². The number of carboxylic acids is 1. The van der Waals surface area contributed by atoms with E-state index in [4.69, 9.17) is 4.74 Å². The lowest BCUT2D eigenvalue weighted by Crippen LogP contribution is -2.38. The number of ether oxygens (including phenoxy) is 1. The number of hydrogen-bond donors (Lipinski definition) is 2. The Kier molecular flexibility index (Phi) is 9.19. The minimum Gasteiger partial charge on any atom is -0.480 e. The minimum atomic E-state index is -1.39. The third-order valence-electron chi connectivity index (χ3n) is 7.38. The highest BCUT2D eigenvalue weighted by atomic mass is 16.6. The summed E-state index contributed by atoms with van der Waals surface area (Å²) in [5.74, 6) is -3.17. The van der Waals surface area contributed by atoms with Gasteiger partial charge in [0.25, 0.3) is 5.91 Å². The predicted octanol–water partition coefficient (Wildman–Crippen LogP) is 5.49. The van der Waals surface area contributed by atoms with Crippen molar-refractivity contribution in [2.75, 3.05) is 11.9 Å². The summed E-state index contributed by atoms with van der Waals surface area (Å²) >= 11 is 0. The van der Waals surface area contributed by atoms with Crippen molar-refractivity contribution in [1.29, 1.82) is 0 Å². The average molecular weight is 591 g/mol. The van der Waals surface area contributed by atoms with Crippen molar-refractivity contribution in [2.45, 2.75) is 31.3 Å². The first-order valence-electron chi connectivity index (χ1n) is 14.0. The first-order valence-corrected chi connectivity index (χ1v) is 14.0. The van der Waals surface area contributed by atoms with Gasteiger partial charge in [0.05, 0.1) is 5.69 Å². The molecule has 2 N–H and O–H groups in total. The van der Waals surface area contributed by atoms with Gasteiger partial charge in [0.2, 0.25) is 5.91 Å². The van der Waals surface area contributed by atoms with Crippen molar-refractivity contribution in [2.24, 2.45) is 4.99 Å². The van der Waals surface area contributed by atoms with Crippen LogP contribution in [0.25, 0.3) is 0 Å². The van der Waals surface area contributed by atoms with Gasteiger partial charge in [-0.1, -0.05) is 84.9 Å². The van der Waals surface area contributed by atoms with Crippen LogP contribution in [0.15, 0.2) is 114 Å². The van der Waals surface area contributed by atoms with Gasteiger partial charge in [0, 0.05) is 29.8 Å². The van der Waals surface area contributed by atoms with Crippen LogP contribution in [0.5, 0.6) is 0 Å². The summed E-state index contributed by atoms with van der Waals surface area (Å²) in [6.45, 7) is 1.65. The molecule has 4 aromatic rings. The fraction of sp³-hybridized carbons (Fsp3) is 0.176. The second-order valence-electron chi connectivity index (χ2n) is 10.2. The number of imide groups is 1. The molecular weight excluding hydrogens is 560 g/mol. The molecule has 0 radical (unpaired) electrons. The van der Waals surface area contributed by atoms with Gasteiger partial charge < -0.3 is 15.2 Å². The van der Waals surface area contributed by atoms with E-state index >= 15 is 0 Å². The number of anilines is 1. The minimum absolute atomic E-state index is 0.00517. The molecule has 10 nitrogen and oxygen atoms in total. The van der Waals surface area contributed by atoms with Gasteiger partial charge in [0.15, 0.2) is 6.04 Å². The number of carbonyl (C=O) groups is 4. The number of amides is 3. The van der Waals surface area contributed by atoms with E-state index in [1.54, 1.807) is 91.9 Å². The molecule has 1 aliphatic heterocycles. The highest BCUT2D eigenvalue weighted by Gasteiger charge is 2.41. The number of carbonyl (C=O) groups excluding carboxylic acids is 3. The number of rotatable bonds is 10. The van der Waals surface area contributed by atoms with Gasteiger partial charge in [-0.05, 0) is 36.2 Å².